The van der Waals surface area contributed by atoms with Crippen molar-refractivity contribution in [3.63, 3.8) is 0 Å². The fourth-order valence-corrected chi connectivity index (χ4v) is 3.29. The first-order valence-corrected chi connectivity index (χ1v) is 8.27. The largest absolute Gasteiger partial charge is 0.378 e. The van der Waals surface area contributed by atoms with Gasteiger partial charge in [-0.05, 0) is 43.0 Å². The third kappa shape index (κ3) is 2.86. The molecule has 1 aliphatic heterocycles. The number of rotatable bonds is 4. The molecule has 4 nitrogen and oxygen atoms in total. The van der Waals surface area contributed by atoms with Crippen LogP contribution in [-0.4, -0.2) is 27.2 Å². The van der Waals surface area contributed by atoms with Gasteiger partial charge in [0.1, 0.15) is 11.3 Å². The predicted molar refractivity (Wildman–Crippen MR) is 90.5 cm³/mol. The Morgan fingerprint density at radius 2 is 2.13 bits per heavy atom. The van der Waals surface area contributed by atoms with Crippen LogP contribution in [0.4, 0.5) is 0 Å². The lowest BCUT2D eigenvalue weighted by Crippen LogP contribution is -2.15. The molecule has 3 aromatic rings. The van der Waals surface area contributed by atoms with Crippen LogP contribution in [-0.2, 0) is 17.7 Å². The van der Waals surface area contributed by atoms with Crippen LogP contribution in [0.5, 0.6) is 0 Å². The molecule has 3 heterocycles. The fraction of sp³-hybridized carbons (Fsp3) is 0.368. The summed E-state index contributed by atoms with van der Waals surface area (Å²) in [6, 6.07) is 12.5. The first kappa shape index (κ1) is 14.4. The second-order valence-corrected chi connectivity index (χ2v) is 6.23. The highest BCUT2D eigenvalue weighted by molar-refractivity contribution is 5.71. The molecule has 1 unspecified atom stereocenters. The average Bonchev–Trinajstić information content (AvgIpc) is 3.19. The van der Waals surface area contributed by atoms with Crippen molar-refractivity contribution in [1.29, 1.82) is 0 Å². The molecule has 4 heteroatoms. The Labute approximate surface area is 136 Å². The minimum atomic E-state index is 0.294. The topological polar surface area (TPSA) is 39.9 Å². The summed E-state index contributed by atoms with van der Waals surface area (Å²) in [4.78, 5) is 9.38. The van der Waals surface area contributed by atoms with Crippen molar-refractivity contribution >= 4 is 11.2 Å². The summed E-state index contributed by atoms with van der Waals surface area (Å²) < 4.78 is 8.06. The van der Waals surface area contributed by atoms with E-state index in [1.807, 2.05) is 18.3 Å². The van der Waals surface area contributed by atoms with Crippen molar-refractivity contribution in [3.8, 4) is 0 Å². The van der Waals surface area contributed by atoms with E-state index in [4.69, 9.17) is 9.72 Å². The molecule has 4 rings (SSSR count). The number of benzene rings is 1. The van der Waals surface area contributed by atoms with Gasteiger partial charge in [-0.25, -0.2) is 9.97 Å². The summed E-state index contributed by atoms with van der Waals surface area (Å²) in [5, 5.41) is 0. The Morgan fingerprint density at radius 3 is 2.96 bits per heavy atom. The number of imidazole rings is 1. The van der Waals surface area contributed by atoms with E-state index >= 15 is 0 Å². The molecule has 1 aromatic carbocycles. The Balaban J connectivity index is 1.74. The van der Waals surface area contributed by atoms with Gasteiger partial charge in [0.25, 0.3) is 0 Å². The molecule has 0 saturated carbocycles. The number of aromatic nitrogens is 3. The first-order chi connectivity index (χ1) is 11.3. The summed E-state index contributed by atoms with van der Waals surface area (Å²) in [6.07, 6.45) is 5.28. The van der Waals surface area contributed by atoms with E-state index in [-0.39, 0.29) is 0 Å². The van der Waals surface area contributed by atoms with E-state index in [1.54, 1.807) is 0 Å². The zero-order chi connectivity index (χ0) is 15.6. The lowest BCUT2D eigenvalue weighted by molar-refractivity contribution is 0.109. The zero-order valence-electron chi connectivity index (χ0n) is 13.4. The fourth-order valence-electron chi connectivity index (χ4n) is 3.29. The van der Waals surface area contributed by atoms with Crippen molar-refractivity contribution < 1.29 is 4.74 Å². The number of hydrogen-bond acceptors (Lipinski definition) is 3. The predicted octanol–water partition coefficient (Wildman–Crippen LogP) is 3.51. The minimum Gasteiger partial charge on any atom is -0.378 e. The molecular formula is C19H21N3O. The SMILES string of the molecule is Cc1ccccc1Cn1c(CC2CCCO2)nc2cccnc21. The number of aryl methyl sites for hydroxylation is 1. The number of pyridine rings is 1. The van der Waals surface area contributed by atoms with Gasteiger partial charge in [-0.15, -0.1) is 0 Å². The number of fused-ring (bicyclic) bond motifs is 1. The molecule has 1 saturated heterocycles. The first-order valence-electron chi connectivity index (χ1n) is 8.27. The summed E-state index contributed by atoms with van der Waals surface area (Å²) in [6.45, 7) is 3.84. The van der Waals surface area contributed by atoms with Crippen molar-refractivity contribution in [2.24, 2.45) is 0 Å². The van der Waals surface area contributed by atoms with Gasteiger partial charge in [0.15, 0.2) is 5.65 Å². The standard InChI is InChI=1S/C19H21N3O/c1-14-6-2-3-7-15(14)13-22-18(12-16-8-5-11-23-16)21-17-9-4-10-20-19(17)22/h2-4,6-7,9-10,16H,5,8,11-13H2,1H3. The molecule has 0 aliphatic carbocycles. The van der Waals surface area contributed by atoms with Crippen LogP contribution < -0.4 is 0 Å². The molecule has 1 atom stereocenters. The minimum absolute atomic E-state index is 0.294. The van der Waals surface area contributed by atoms with Crippen LogP contribution >= 0.6 is 0 Å². The molecule has 0 amide bonds. The van der Waals surface area contributed by atoms with Gasteiger partial charge < -0.3 is 9.30 Å². The van der Waals surface area contributed by atoms with Gasteiger partial charge in [0, 0.05) is 19.2 Å². The highest BCUT2D eigenvalue weighted by Crippen LogP contribution is 2.22. The van der Waals surface area contributed by atoms with Crippen LogP contribution in [0.15, 0.2) is 42.6 Å². The van der Waals surface area contributed by atoms with Crippen LogP contribution in [0.1, 0.15) is 29.8 Å². The van der Waals surface area contributed by atoms with E-state index in [0.717, 1.165) is 49.4 Å². The van der Waals surface area contributed by atoms with Gasteiger partial charge in [-0.3, -0.25) is 0 Å². The van der Waals surface area contributed by atoms with Crippen molar-refractivity contribution in [2.45, 2.75) is 38.8 Å². The van der Waals surface area contributed by atoms with Crippen molar-refractivity contribution in [3.05, 3.63) is 59.5 Å². The molecule has 2 aromatic heterocycles. The molecule has 23 heavy (non-hydrogen) atoms. The third-order valence-electron chi connectivity index (χ3n) is 4.61. The summed E-state index contributed by atoms with van der Waals surface area (Å²) >= 11 is 0. The van der Waals surface area contributed by atoms with Crippen LogP contribution in [0.2, 0.25) is 0 Å². The van der Waals surface area contributed by atoms with Gasteiger partial charge in [0.2, 0.25) is 0 Å². The van der Waals surface area contributed by atoms with E-state index < -0.39 is 0 Å². The van der Waals surface area contributed by atoms with E-state index in [1.165, 1.54) is 11.1 Å². The Hall–Kier alpha value is -2.20. The smallest absolute Gasteiger partial charge is 0.160 e. The molecule has 1 aliphatic rings. The maximum Gasteiger partial charge on any atom is 0.160 e. The quantitative estimate of drug-likeness (QED) is 0.740. The maximum absolute atomic E-state index is 5.81. The highest BCUT2D eigenvalue weighted by atomic mass is 16.5. The van der Waals surface area contributed by atoms with Crippen LogP contribution in [0.3, 0.4) is 0 Å². The number of hydrogen-bond donors (Lipinski definition) is 0. The van der Waals surface area contributed by atoms with Crippen LogP contribution in [0, 0.1) is 6.92 Å². The van der Waals surface area contributed by atoms with Gasteiger partial charge in [0.05, 0.1) is 12.6 Å². The zero-order valence-corrected chi connectivity index (χ0v) is 13.4. The van der Waals surface area contributed by atoms with Gasteiger partial charge >= 0.3 is 0 Å². The maximum atomic E-state index is 5.81. The van der Waals surface area contributed by atoms with Crippen molar-refractivity contribution in [1.82, 2.24) is 14.5 Å². The lowest BCUT2D eigenvalue weighted by atomic mass is 10.1. The molecular weight excluding hydrogens is 286 g/mol. The molecule has 0 spiro atoms. The Bertz CT molecular complexity index is 818. The Kier molecular flexibility index (Phi) is 3.83. The monoisotopic (exact) mass is 307 g/mol. The molecule has 0 radical (unpaired) electrons. The molecule has 0 bridgehead atoms. The summed E-state index contributed by atoms with van der Waals surface area (Å²) in [5.41, 5.74) is 4.54. The molecule has 0 N–H and O–H groups in total. The van der Waals surface area contributed by atoms with Gasteiger partial charge in [-0.2, -0.15) is 0 Å². The van der Waals surface area contributed by atoms with Crippen LogP contribution in [0.25, 0.3) is 11.2 Å². The van der Waals surface area contributed by atoms with E-state index in [0.29, 0.717) is 6.10 Å². The molecule has 1 fully saturated rings. The lowest BCUT2D eigenvalue weighted by Gasteiger charge is -2.13. The van der Waals surface area contributed by atoms with E-state index in [9.17, 15) is 0 Å². The summed E-state index contributed by atoms with van der Waals surface area (Å²) in [5.74, 6) is 1.08. The highest BCUT2D eigenvalue weighted by Gasteiger charge is 2.21. The number of ether oxygens (including phenoxy) is 1. The van der Waals surface area contributed by atoms with Gasteiger partial charge in [-0.1, -0.05) is 24.3 Å². The third-order valence-corrected chi connectivity index (χ3v) is 4.61. The normalized spacial score (nSPS) is 17.9. The number of nitrogens with zero attached hydrogens (tertiary/aromatic N) is 3. The second kappa shape index (κ2) is 6.13. The Morgan fingerprint density at radius 1 is 1.22 bits per heavy atom. The molecule has 118 valence electrons. The summed E-state index contributed by atoms with van der Waals surface area (Å²) in [7, 11) is 0. The second-order valence-electron chi connectivity index (χ2n) is 6.23. The average molecular weight is 307 g/mol. The van der Waals surface area contributed by atoms with Crippen molar-refractivity contribution in [2.75, 3.05) is 6.61 Å². The van der Waals surface area contributed by atoms with E-state index in [2.05, 4.69) is 40.7 Å².